The van der Waals surface area contributed by atoms with Gasteiger partial charge in [-0.15, -0.1) is 0 Å². The van der Waals surface area contributed by atoms with E-state index in [0.717, 1.165) is 36.3 Å². The molecule has 18 heavy (non-hydrogen) atoms. The first kappa shape index (κ1) is 11.7. The number of rotatable bonds is 3. The average Bonchev–Trinajstić information content (AvgIpc) is 2.93. The lowest BCUT2D eigenvalue weighted by atomic mass is 10.1. The minimum absolute atomic E-state index is 0.445. The number of ether oxygens (including phenoxy) is 1. The Morgan fingerprint density at radius 2 is 2.28 bits per heavy atom. The summed E-state index contributed by atoms with van der Waals surface area (Å²) in [4.78, 5) is 8.14. The third-order valence-electron chi connectivity index (χ3n) is 3.70. The van der Waals surface area contributed by atoms with Crippen molar-refractivity contribution in [3.05, 3.63) is 29.1 Å². The Labute approximate surface area is 108 Å². The van der Waals surface area contributed by atoms with Crippen molar-refractivity contribution < 1.29 is 4.74 Å². The van der Waals surface area contributed by atoms with Gasteiger partial charge in [-0.3, -0.25) is 0 Å². The summed E-state index contributed by atoms with van der Waals surface area (Å²) in [6.45, 7) is 5.18. The second-order valence-electron chi connectivity index (χ2n) is 5.34. The number of fused-ring (bicyclic) bond motifs is 1. The lowest BCUT2D eigenvalue weighted by molar-refractivity contribution is 0.104. The number of H-pyrrole nitrogens is 1. The number of aromatic amines is 1. The van der Waals surface area contributed by atoms with Gasteiger partial charge in [-0.25, -0.2) is 4.98 Å². The highest BCUT2D eigenvalue weighted by Crippen LogP contribution is 2.21. The smallest absolute Gasteiger partial charge is 0.107 e. The van der Waals surface area contributed by atoms with Crippen molar-refractivity contribution in [2.24, 2.45) is 0 Å². The maximum absolute atomic E-state index is 5.65. The Morgan fingerprint density at radius 1 is 1.39 bits per heavy atom. The molecule has 0 spiro atoms. The summed E-state index contributed by atoms with van der Waals surface area (Å²) in [5.74, 6) is 1.09. The van der Waals surface area contributed by atoms with E-state index in [-0.39, 0.29) is 0 Å². The summed E-state index contributed by atoms with van der Waals surface area (Å²) < 4.78 is 5.65. The average molecular weight is 244 g/mol. The van der Waals surface area contributed by atoms with Crippen LogP contribution in [0.4, 0.5) is 0 Å². The molecule has 1 saturated heterocycles. The predicted octanol–water partition coefficient (Wildman–Crippen LogP) is 3.29. The van der Waals surface area contributed by atoms with Crippen LogP contribution in [0.15, 0.2) is 12.1 Å². The molecule has 0 saturated carbocycles. The Hall–Kier alpha value is -1.35. The number of nitrogens with one attached hydrogen (secondary N) is 1. The van der Waals surface area contributed by atoms with Gasteiger partial charge >= 0.3 is 0 Å². The van der Waals surface area contributed by atoms with Crippen LogP contribution in [0, 0.1) is 13.8 Å². The predicted molar refractivity (Wildman–Crippen MR) is 72.9 cm³/mol. The van der Waals surface area contributed by atoms with Gasteiger partial charge in [0.1, 0.15) is 5.82 Å². The van der Waals surface area contributed by atoms with Crippen LogP contribution in [0.1, 0.15) is 36.2 Å². The lowest BCUT2D eigenvalue weighted by Gasteiger charge is -2.06. The van der Waals surface area contributed by atoms with Gasteiger partial charge in [0.2, 0.25) is 0 Å². The number of nitrogens with zero attached hydrogens (tertiary/aromatic N) is 1. The number of benzene rings is 1. The van der Waals surface area contributed by atoms with Gasteiger partial charge in [0.05, 0.1) is 17.1 Å². The Morgan fingerprint density at radius 3 is 3.06 bits per heavy atom. The van der Waals surface area contributed by atoms with Crippen LogP contribution in [-0.2, 0) is 11.2 Å². The van der Waals surface area contributed by atoms with Crippen molar-refractivity contribution in [1.29, 1.82) is 0 Å². The molecule has 1 N–H and O–H groups in total. The molecule has 1 aromatic carbocycles. The first-order chi connectivity index (χ1) is 8.72. The summed E-state index contributed by atoms with van der Waals surface area (Å²) in [6, 6.07) is 4.36. The highest BCUT2D eigenvalue weighted by atomic mass is 16.5. The quantitative estimate of drug-likeness (QED) is 0.899. The van der Waals surface area contributed by atoms with Gasteiger partial charge in [0, 0.05) is 13.0 Å². The van der Waals surface area contributed by atoms with E-state index in [2.05, 4.69) is 31.0 Å². The topological polar surface area (TPSA) is 37.9 Å². The second kappa shape index (κ2) is 4.73. The molecular formula is C15H20N2O. The van der Waals surface area contributed by atoms with Crippen molar-refractivity contribution >= 4 is 11.0 Å². The van der Waals surface area contributed by atoms with Crippen molar-refractivity contribution in [3.63, 3.8) is 0 Å². The normalized spacial score (nSPS) is 19.8. The Bertz CT molecular complexity index is 553. The van der Waals surface area contributed by atoms with Gasteiger partial charge in [0.25, 0.3) is 0 Å². The zero-order chi connectivity index (χ0) is 12.5. The van der Waals surface area contributed by atoms with Gasteiger partial charge in [-0.1, -0.05) is 6.07 Å². The largest absolute Gasteiger partial charge is 0.378 e. The Kier molecular flexibility index (Phi) is 3.08. The minimum Gasteiger partial charge on any atom is -0.378 e. The highest BCUT2D eigenvalue weighted by Gasteiger charge is 2.16. The van der Waals surface area contributed by atoms with E-state index in [0.29, 0.717) is 6.10 Å². The van der Waals surface area contributed by atoms with Gasteiger partial charge < -0.3 is 9.72 Å². The van der Waals surface area contributed by atoms with Crippen LogP contribution in [0.3, 0.4) is 0 Å². The maximum atomic E-state index is 5.65. The van der Waals surface area contributed by atoms with Crippen LogP contribution in [0.5, 0.6) is 0 Å². The van der Waals surface area contributed by atoms with Gasteiger partial charge in [-0.05, 0) is 50.3 Å². The third-order valence-corrected chi connectivity index (χ3v) is 3.70. The fourth-order valence-electron chi connectivity index (χ4n) is 2.81. The first-order valence-corrected chi connectivity index (χ1v) is 6.80. The van der Waals surface area contributed by atoms with Crippen molar-refractivity contribution in [3.8, 4) is 0 Å². The summed E-state index contributed by atoms with van der Waals surface area (Å²) in [7, 11) is 0. The fourth-order valence-corrected chi connectivity index (χ4v) is 2.81. The minimum atomic E-state index is 0.445. The molecule has 3 nitrogen and oxygen atoms in total. The summed E-state index contributed by atoms with van der Waals surface area (Å²) in [6.07, 6.45) is 4.93. The van der Waals surface area contributed by atoms with E-state index >= 15 is 0 Å². The second-order valence-corrected chi connectivity index (χ2v) is 5.34. The molecule has 2 aromatic rings. The molecule has 0 radical (unpaired) electrons. The molecule has 96 valence electrons. The van der Waals surface area contributed by atoms with Crippen molar-refractivity contribution in [2.45, 2.75) is 45.6 Å². The van der Waals surface area contributed by atoms with Crippen LogP contribution >= 0.6 is 0 Å². The van der Waals surface area contributed by atoms with Crippen LogP contribution < -0.4 is 0 Å². The van der Waals surface area contributed by atoms with Crippen molar-refractivity contribution in [1.82, 2.24) is 9.97 Å². The summed E-state index contributed by atoms with van der Waals surface area (Å²) in [5, 5.41) is 0. The SMILES string of the molecule is Cc1cc(C)c2nc(CCC3CCCO3)[nH]c2c1. The number of aryl methyl sites for hydroxylation is 3. The maximum Gasteiger partial charge on any atom is 0.107 e. The monoisotopic (exact) mass is 244 g/mol. The lowest BCUT2D eigenvalue weighted by Crippen LogP contribution is -2.06. The molecule has 1 atom stereocenters. The zero-order valence-corrected chi connectivity index (χ0v) is 11.1. The van der Waals surface area contributed by atoms with Crippen LogP contribution in [0.25, 0.3) is 11.0 Å². The highest BCUT2D eigenvalue weighted by molar-refractivity contribution is 5.79. The number of imidazole rings is 1. The van der Waals surface area contributed by atoms with E-state index in [9.17, 15) is 0 Å². The molecule has 1 aliphatic rings. The van der Waals surface area contributed by atoms with E-state index in [4.69, 9.17) is 9.72 Å². The van der Waals surface area contributed by atoms with Crippen LogP contribution in [0.2, 0.25) is 0 Å². The standard InChI is InChI=1S/C15H20N2O/c1-10-8-11(2)15-13(9-10)16-14(17-15)6-5-12-4-3-7-18-12/h8-9,12H,3-7H2,1-2H3,(H,16,17). The zero-order valence-electron chi connectivity index (χ0n) is 11.1. The molecule has 0 amide bonds. The molecular weight excluding hydrogens is 224 g/mol. The van der Waals surface area contributed by atoms with Crippen LogP contribution in [-0.4, -0.2) is 22.7 Å². The third kappa shape index (κ3) is 2.27. The number of aromatic nitrogens is 2. The van der Waals surface area contributed by atoms with Gasteiger partial charge in [-0.2, -0.15) is 0 Å². The van der Waals surface area contributed by atoms with Crippen molar-refractivity contribution in [2.75, 3.05) is 6.61 Å². The first-order valence-electron chi connectivity index (χ1n) is 6.80. The summed E-state index contributed by atoms with van der Waals surface area (Å²) in [5.41, 5.74) is 4.82. The van der Waals surface area contributed by atoms with E-state index < -0.39 is 0 Å². The summed E-state index contributed by atoms with van der Waals surface area (Å²) >= 11 is 0. The fraction of sp³-hybridized carbons (Fsp3) is 0.533. The molecule has 0 aliphatic carbocycles. The van der Waals surface area contributed by atoms with E-state index in [1.54, 1.807) is 0 Å². The molecule has 1 unspecified atom stereocenters. The molecule has 0 bridgehead atoms. The molecule has 1 aliphatic heterocycles. The molecule has 3 heteroatoms. The number of hydrogen-bond acceptors (Lipinski definition) is 2. The van der Waals surface area contributed by atoms with Gasteiger partial charge in [0.15, 0.2) is 0 Å². The molecule has 1 aromatic heterocycles. The Balaban J connectivity index is 1.78. The number of hydrogen-bond donors (Lipinski definition) is 1. The molecule has 3 rings (SSSR count). The molecule has 2 heterocycles. The molecule has 1 fully saturated rings. The van der Waals surface area contributed by atoms with E-state index in [1.807, 2.05) is 0 Å². The van der Waals surface area contributed by atoms with E-state index in [1.165, 1.54) is 24.0 Å².